The third-order valence-corrected chi connectivity index (χ3v) is 14.6. The molecular formula is C64H39N5O. The van der Waals surface area contributed by atoms with Gasteiger partial charge in [0.1, 0.15) is 0 Å². The van der Waals surface area contributed by atoms with Gasteiger partial charge in [-0.2, -0.15) is 0 Å². The highest BCUT2D eigenvalue weighted by molar-refractivity contribution is 6.15. The number of para-hydroxylation sites is 4. The van der Waals surface area contributed by atoms with Gasteiger partial charge in [0.2, 0.25) is 0 Å². The van der Waals surface area contributed by atoms with E-state index in [-0.39, 0.29) is 0 Å². The van der Waals surface area contributed by atoms with Crippen LogP contribution in [0.3, 0.4) is 0 Å². The summed E-state index contributed by atoms with van der Waals surface area (Å²) in [7, 11) is 0. The normalized spacial score (nSPS) is 13.3. The van der Waals surface area contributed by atoms with Crippen molar-refractivity contribution in [3.05, 3.63) is 259 Å². The van der Waals surface area contributed by atoms with Gasteiger partial charge in [-0.25, -0.2) is 15.0 Å². The zero-order valence-electron chi connectivity index (χ0n) is 37.7. The van der Waals surface area contributed by atoms with Crippen molar-refractivity contribution in [2.45, 2.75) is 5.41 Å². The van der Waals surface area contributed by atoms with Crippen LogP contribution in [0.15, 0.2) is 237 Å². The first kappa shape index (κ1) is 38.7. The van der Waals surface area contributed by atoms with E-state index in [9.17, 15) is 0 Å². The molecule has 1 spiro atoms. The van der Waals surface area contributed by atoms with Crippen molar-refractivity contribution >= 4 is 38.9 Å². The van der Waals surface area contributed by atoms with Crippen LogP contribution in [0, 0.1) is 0 Å². The second-order valence-corrected chi connectivity index (χ2v) is 18.3. The Morgan fingerprint density at radius 2 is 0.900 bits per heavy atom. The van der Waals surface area contributed by atoms with E-state index in [0.717, 1.165) is 72.7 Å². The second-order valence-electron chi connectivity index (χ2n) is 18.3. The highest BCUT2D eigenvalue weighted by atomic mass is 16.5. The number of nitrogens with zero attached hydrogens (tertiary/aromatic N) is 5. The topological polar surface area (TPSA) is 56.1 Å². The third-order valence-electron chi connectivity index (χ3n) is 14.6. The van der Waals surface area contributed by atoms with Gasteiger partial charge in [0, 0.05) is 33.5 Å². The fourth-order valence-electron chi connectivity index (χ4n) is 11.8. The quantitative estimate of drug-likeness (QED) is 0.172. The fraction of sp³-hybridized carbons (Fsp3) is 0.0156. The largest absolute Gasteiger partial charge is 0.452 e. The molecule has 2 aliphatic carbocycles. The number of benzene rings is 10. The molecule has 0 unspecified atom stereocenters. The maximum absolute atomic E-state index is 6.93. The molecule has 0 amide bonds. The van der Waals surface area contributed by atoms with Crippen LogP contribution >= 0.6 is 0 Å². The molecule has 15 rings (SSSR count). The minimum atomic E-state index is -0.489. The Labute approximate surface area is 404 Å². The van der Waals surface area contributed by atoms with E-state index in [4.69, 9.17) is 19.7 Å². The van der Waals surface area contributed by atoms with Crippen molar-refractivity contribution < 1.29 is 4.74 Å². The molecule has 0 bridgehead atoms. The van der Waals surface area contributed by atoms with Gasteiger partial charge in [-0.3, -0.25) is 0 Å². The third kappa shape index (κ3) is 5.41. The van der Waals surface area contributed by atoms with Gasteiger partial charge in [-0.1, -0.05) is 176 Å². The highest BCUT2D eigenvalue weighted by Crippen LogP contribution is 2.63. The van der Waals surface area contributed by atoms with Gasteiger partial charge in [0.15, 0.2) is 29.0 Å². The molecule has 0 saturated carbocycles. The summed E-state index contributed by atoms with van der Waals surface area (Å²) in [6.07, 6.45) is 0. The van der Waals surface area contributed by atoms with E-state index in [1.165, 1.54) is 44.5 Å². The van der Waals surface area contributed by atoms with Crippen LogP contribution in [-0.2, 0) is 5.41 Å². The first-order chi connectivity index (χ1) is 34.7. The molecule has 3 aliphatic rings. The van der Waals surface area contributed by atoms with E-state index in [2.05, 4.69) is 222 Å². The Morgan fingerprint density at radius 3 is 1.61 bits per heavy atom. The van der Waals surface area contributed by atoms with Crippen LogP contribution in [0.25, 0.3) is 83.9 Å². The molecular weight excluding hydrogens is 855 g/mol. The summed E-state index contributed by atoms with van der Waals surface area (Å²) >= 11 is 0. The van der Waals surface area contributed by atoms with Crippen LogP contribution in [0.1, 0.15) is 22.3 Å². The second kappa shape index (κ2) is 14.8. The first-order valence-corrected chi connectivity index (χ1v) is 23.8. The van der Waals surface area contributed by atoms with Crippen molar-refractivity contribution in [2.75, 3.05) is 4.90 Å². The predicted molar refractivity (Wildman–Crippen MR) is 282 cm³/mol. The summed E-state index contributed by atoms with van der Waals surface area (Å²) in [6.45, 7) is 0. The average Bonchev–Trinajstić information content (AvgIpc) is 4.05. The summed E-state index contributed by atoms with van der Waals surface area (Å²) < 4.78 is 9.27. The summed E-state index contributed by atoms with van der Waals surface area (Å²) in [4.78, 5) is 18.2. The monoisotopic (exact) mass is 893 g/mol. The van der Waals surface area contributed by atoms with Crippen molar-refractivity contribution in [1.82, 2.24) is 19.5 Å². The van der Waals surface area contributed by atoms with Crippen LogP contribution in [0.5, 0.6) is 11.5 Å². The maximum Gasteiger partial charge on any atom is 0.164 e. The number of ether oxygens (including phenoxy) is 1. The number of aromatic nitrogens is 4. The highest BCUT2D eigenvalue weighted by Gasteiger charge is 2.51. The molecule has 2 aromatic heterocycles. The Kier molecular flexibility index (Phi) is 8.18. The number of anilines is 3. The standard InChI is InChI=1S/C64H39N5O/c1-3-18-40(19-4-1)61-65-62(67-63(66-61)42-34-35-48-47-26-9-13-30-52(47)64(53(48)39-42)50-28-11-7-24-45(50)46-25-8-12-29-51(46)64)41-20-17-23-44(38-41)69-54-31-14-10-27-49(54)59-56(69)36-37-57-60(59)70-58-33-16-15-32-55(58)68(57)43-21-5-2-6-22-43/h1-39H. The number of fused-ring (bicyclic) bond motifs is 16. The van der Waals surface area contributed by atoms with E-state index in [1.54, 1.807) is 0 Å². The zero-order chi connectivity index (χ0) is 45.9. The van der Waals surface area contributed by atoms with Crippen molar-refractivity contribution in [3.63, 3.8) is 0 Å². The maximum atomic E-state index is 6.93. The van der Waals surface area contributed by atoms with Gasteiger partial charge in [-0.05, 0) is 105 Å². The molecule has 12 aromatic rings. The average molecular weight is 894 g/mol. The van der Waals surface area contributed by atoms with Gasteiger partial charge in [-0.15, -0.1) is 0 Å². The lowest BCUT2D eigenvalue weighted by atomic mass is 9.70. The van der Waals surface area contributed by atoms with E-state index < -0.39 is 5.41 Å². The molecule has 0 atom stereocenters. The molecule has 0 saturated heterocycles. The Balaban J connectivity index is 0.910. The number of hydrogen-bond donors (Lipinski definition) is 0. The minimum absolute atomic E-state index is 0.489. The summed E-state index contributed by atoms with van der Waals surface area (Å²) in [6, 6.07) is 84.1. The molecule has 326 valence electrons. The Hall–Kier alpha value is -9.39. The van der Waals surface area contributed by atoms with Crippen molar-refractivity contribution in [1.29, 1.82) is 0 Å². The molecule has 3 heterocycles. The van der Waals surface area contributed by atoms with Gasteiger partial charge >= 0.3 is 0 Å². The smallest absolute Gasteiger partial charge is 0.164 e. The summed E-state index contributed by atoms with van der Waals surface area (Å²) in [5.41, 5.74) is 18.6. The molecule has 10 aromatic carbocycles. The lowest BCUT2D eigenvalue weighted by Crippen LogP contribution is -2.25. The lowest BCUT2D eigenvalue weighted by molar-refractivity contribution is 0.483. The molecule has 0 fully saturated rings. The van der Waals surface area contributed by atoms with Crippen LogP contribution in [-0.4, -0.2) is 19.5 Å². The first-order valence-electron chi connectivity index (χ1n) is 23.8. The van der Waals surface area contributed by atoms with Gasteiger partial charge in [0.05, 0.1) is 33.2 Å². The zero-order valence-corrected chi connectivity index (χ0v) is 37.7. The summed E-state index contributed by atoms with van der Waals surface area (Å²) in [5, 5.41) is 2.15. The van der Waals surface area contributed by atoms with Crippen LogP contribution in [0.2, 0.25) is 0 Å². The number of rotatable bonds is 5. The molecule has 6 heteroatoms. The number of hydrogen-bond acceptors (Lipinski definition) is 5. The molecule has 1 aliphatic heterocycles. The lowest BCUT2D eigenvalue weighted by Gasteiger charge is -2.33. The minimum Gasteiger partial charge on any atom is -0.452 e. The van der Waals surface area contributed by atoms with E-state index >= 15 is 0 Å². The summed E-state index contributed by atoms with van der Waals surface area (Å²) in [5.74, 6) is 3.46. The van der Waals surface area contributed by atoms with Gasteiger partial charge in [0.25, 0.3) is 0 Å². The molecule has 6 nitrogen and oxygen atoms in total. The Morgan fingerprint density at radius 1 is 0.357 bits per heavy atom. The van der Waals surface area contributed by atoms with Gasteiger partial charge < -0.3 is 14.2 Å². The molecule has 0 radical (unpaired) electrons. The van der Waals surface area contributed by atoms with E-state index in [0.29, 0.717) is 17.5 Å². The van der Waals surface area contributed by atoms with E-state index in [1.807, 2.05) is 24.3 Å². The molecule has 0 N–H and O–H groups in total. The van der Waals surface area contributed by atoms with Crippen LogP contribution in [0.4, 0.5) is 17.1 Å². The van der Waals surface area contributed by atoms with Crippen molar-refractivity contribution in [3.8, 4) is 73.6 Å². The molecule has 70 heavy (non-hydrogen) atoms. The van der Waals surface area contributed by atoms with Crippen molar-refractivity contribution in [2.24, 2.45) is 0 Å². The fourth-order valence-corrected chi connectivity index (χ4v) is 11.8. The predicted octanol–water partition coefficient (Wildman–Crippen LogP) is 15.9. The van der Waals surface area contributed by atoms with Crippen LogP contribution < -0.4 is 9.64 Å². The SMILES string of the molecule is c1ccc(-c2nc(-c3cccc(-n4c5ccccc5c5c6c(ccc54)N(c4ccccc4)c4ccccc4O6)c3)nc(-c3ccc4c(c3)C3(c5ccccc5-c5ccccc53)c3ccccc3-4)n2)cc1. The Bertz CT molecular complexity index is 4060.